The lowest BCUT2D eigenvalue weighted by molar-refractivity contribution is 0.416. The van der Waals surface area contributed by atoms with Crippen LogP contribution in [0.2, 0.25) is 0 Å². The second-order valence-electron chi connectivity index (χ2n) is 8.92. The van der Waals surface area contributed by atoms with Gasteiger partial charge in [-0.3, -0.25) is 19.1 Å². The molecule has 10 nitrogen and oxygen atoms in total. The fraction of sp³-hybridized carbons (Fsp3) is 0.320. The van der Waals surface area contributed by atoms with Crippen LogP contribution >= 0.6 is 0 Å². The van der Waals surface area contributed by atoms with Gasteiger partial charge in [0.2, 0.25) is 0 Å². The molecule has 0 bridgehead atoms. The molecular formula is C25H26N8O2. The van der Waals surface area contributed by atoms with Gasteiger partial charge in [0.25, 0.3) is 0 Å². The molecule has 1 saturated heterocycles. The molecule has 5 aromatic rings. The number of pyridine rings is 3. The van der Waals surface area contributed by atoms with Crippen molar-refractivity contribution in [2.45, 2.75) is 19.8 Å². The Labute approximate surface area is 201 Å². The number of anilines is 1. The predicted molar refractivity (Wildman–Crippen MR) is 134 cm³/mol. The molecule has 0 radical (unpaired) electrons. The molecule has 1 aliphatic rings. The quantitative estimate of drug-likeness (QED) is 0.398. The lowest BCUT2D eigenvalue weighted by Crippen LogP contribution is -2.22. The third-order valence-corrected chi connectivity index (χ3v) is 6.87. The number of fused-ring (bicyclic) bond motifs is 2. The van der Waals surface area contributed by atoms with E-state index in [0.29, 0.717) is 11.6 Å². The summed E-state index contributed by atoms with van der Waals surface area (Å²) in [4.78, 5) is 29.2. The van der Waals surface area contributed by atoms with Crippen molar-refractivity contribution in [2.24, 2.45) is 14.1 Å². The number of aryl methyl sites for hydroxylation is 3. The molecule has 0 aliphatic carbocycles. The van der Waals surface area contributed by atoms with E-state index in [1.165, 1.54) is 0 Å². The minimum atomic E-state index is -0.0734. The molecule has 178 valence electrons. The molecule has 0 saturated carbocycles. The van der Waals surface area contributed by atoms with E-state index < -0.39 is 0 Å². The number of aromatic nitrogens is 7. The largest absolute Gasteiger partial charge is 0.496 e. The van der Waals surface area contributed by atoms with Crippen LogP contribution in [0.25, 0.3) is 39.0 Å². The molecule has 0 unspecified atom stereocenters. The van der Waals surface area contributed by atoms with Gasteiger partial charge < -0.3 is 9.64 Å². The third-order valence-electron chi connectivity index (χ3n) is 6.87. The van der Waals surface area contributed by atoms with Crippen LogP contribution in [0.15, 0.2) is 41.6 Å². The minimum Gasteiger partial charge on any atom is -0.496 e. The number of imidazole rings is 1. The lowest BCUT2D eigenvalue weighted by atomic mass is 10.1. The molecule has 0 atom stereocenters. The van der Waals surface area contributed by atoms with Crippen LogP contribution in [0.3, 0.4) is 0 Å². The van der Waals surface area contributed by atoms with Crippen molar-refractivity contribution in [3.05, 3.63) is 53.0 Å². The Morgan fingerprint density at radius 2 is 1.80 bits per heavy atom. The first-order valence-electron chi connectivity index (χ1n) is 11.6. The van der Waals surface area contributed by atoms with Crippen LogP contribution in [-0.2, 0) is 14.1 Å². The van der Waals surface area contributed by atoms with Crippen LogP contribution in [0, 0.1) is 6.92 Å². The molecule has 1 aliphatic heterocycles. The number of hydrogen-bond acceptors (Lipinski definition) is 7. The van der Waals surface area contributed by atoms with E-state index in [1.54, 1.807) is 42.7 Å². The average molecular weight is 471 g/mol. The van der Waals surface area contributed by atoms with Crippen LogP contribution < -0.4 is 15.3 Å². The Balaban J connectivity index is 1.61. The highest BCUT2D eigenvalue weighted by Crippen LogP contribution is 2.33. The zero-order chi connectivity index (χ0) is 24.3. The van der Waals surface area contributed by atoms with E-state index in [1.807, 2.05) is 36.0 Å². The summed E-state index contributed by atoms with van der Waals surface area (Å²) in [6, 6.07) is 5.74. The highest BCUT2D eigenvalue weighted by atomic mass is 16.5. The minimum absolute atomic E-state index is 0.0734. The summed E-state index contributed by atoms with van der Waals surface area (Å²) in [5.74, 6) is 2.18. The second kappa shape index (κ2) is 7.93. The summed E-state index contributed by atoms with van der Waals surface area (Å²) < 4.78 is 10.7. The zero-order valence-electron chi connectivity index (χ0n) is 20.2. The SMILES string of the molecule is COc1ccncc1-c1cc2c(cnn2-c2cc3c(c(N4CCCC4)n2)n(C)c(=O)n3C)c(C)n1. The summed E-state index contributed by atoms with van der Waals surface area (Å²) in [6.07, 6.45) is 7.48. The van der Waals surface area contributed by atoms with E-state index in [0.717, 1.165) is 70.6 Å². The van der Waals surface area contributed by atoms with Crippen molar-refractivity contribution in [2.75, 3.05) is 25.1 Å². The van der Waals surface area contributed by atoms with E-state index in [2.05, 4.69) is 9.88 Å². The van der Waals surface area contributed by atoms with E-state index >= 15 is 0 Å². The van der Waals surface area contributed by atoms with Crippen molar-refractivity contribution < 1.29 is 4.74 Å². The van der Waals surface area contributed by atoms with Crippen LogP contribution in [0.5, 0.6) is 5.75 Å². The van der Waals surface area contributed by atoms with Gasteiger partial charge in [-0.15, -0.1) is 0 Å². The Kier molecular flexibility index (Phi) is 4.84. The molecule has 6 rings (SSSR count). The molecule has 0 spiro atoms. The molecule has 6 heterocycles. The van der Waals surface area contributed by atoms with Gasteiger partial charge in [-0.2, -0.15) is 5.10 Å². The zero-order valence-corrected chi connectivity index (χ0v) is 20.2. The highest BCUT2D eigenvalue weighted by molar-refractivity contribution is 5.91. The number of nitrogens with zero attached hydrogens (tertiary/aromatic N) is 8. The molecule has 1 fully saturated rings. The summed E-state index contributed by atoms with van der Waals surface area (Å²) in [6.45, 7) is 3.80. The van der Waals surface area contributed by atoms with E-state index in [-0.39, 0.29) is 5.69 Å². The van der Waals surface area contributed by atoms with E-state index in [4.69, 9.17) is 19.8 Å². The standard InChI is InChI=1S/C25H26N8O2/c1-15-16-14-27-33(19(16)11-18(28-15)17-13-26-8-7-21(17)35-4)22-12-20-23(31(3)25(34)30(20)2)24(29-22)32-9-5-6-10-32/h7-8,11-14H,5-6,9-10H2,1-4H3. The maximum absolute atomic E-state index is 12.8. The molecule has 0 N–H and O–H groups in total. The van der Waals surface area contributed by atoms with Gasteiger partial charge in [0.1, 0.15) is 11.3 Å². The molecular weight excluding hydrogens is 444 g/mol. The normalized spacial score (nSPS) is 13.9. The Morgan fingerprint density at radius 1 is 1.00 bits per heavy atom. The molecule has 0 aromatic carbocycles. The van der Waals surface area contributed by atoms with Crippen molar-refractivity contribution in [1.29, 1.82) is 0 Å². The monoisotopic (exact) mass is 470 g/mol. The molecule has 0 amide bonds. The van der Waals surface area contributed by atoms with Gasteiger partial charge in [-0.1, -0.05) is 0 Å². The summed E-state index contributed by atoms with van der Waals surface area (Å²) >= 11 is 0. The van der Waals surface area contributed by atoms with Gasteiger partial charge in [0.15, 0.2) is 11.6 Å². The first kappa shape index (κ1) is 21.3. The van der Waals surface area contributed by atoms with Crippen molar-refractivity contribution >= 4 is 27.8 Å². The van der Waals surface area contributed by atoms with Crippen molar-refractivity contribution in [3.63, 3.8) is 0 Å². The van der Waals surface area contributed by atoms with Gasteiger partial charge in [0.05, 0.1) is 35.6 Å². The van der Waals surface area contributed by atoms with Crippen molar-refractivity contribution in [1.82, 2.24) is 33.9 Å². The smallest absolute Gasteiger partial charge is 0.328 e. The highest BCUT2D eigenvalue weighted by Gasteiger charge is 2.23. The second-order valence-corrected chi connectivity index (χ2v) is 8.92. The fourth-order valence-electron chi connectivity index (χ4n) is 5.01. The Hall–Kier alpha value is -4.21. The number of methoxy groups -OCH3 is 1. The summed E-state index contributed by atoms with van der Waals surface area (Å²) in [7, 11) is 5.24. The lowest BCUT2D eigenvalue weighted by Gasteiger charge is -2.19. The van der Waals surface area contributed by atoms with Crippen LogP contribution in [0.1, 0.15) is 18.5 Å². The topological polar surface area (TPSA) is 95.9 Å². The number of ether oxygens (including phenoxy) is 1. The Morgan fingerprint density at radius 3 is 2.57 bits per heavy atom. The van der Waals surface area contributed by atoms with Crippen LogP contribution in [-0.4, -0.2) is 54.1 Å². The van der Waals surface area contributed by atoms with Gasteiger partial charge in [0, 0.05) is 56.7 Å². The van der Waals surface area contributed by atoms with Crippen molar-refractivity contribution in [3.8, 4) is 22.8 Å². The summed E-state index contributed by atoms with van der Waals surface area (Å²) in [5, 5.41) is 5.63. The molecule has 35 heavy (non-hydrogen) atoms. The number of hydrogen-bond donors (Lipinski definition) is 0. The first-order chi connectivity index (χ1) is 17.0. The predicted octanol–water partition coefficient (Wildman–Crippen LogP) is 2.99. The maximum atomic E-state index is 12.8. The average Bonchev–Trinajstić information content (AvgIpc) is 3.61. The molecule has 5 aromatic heterocycles. The maximum Gasteiger partial charge on any atom is 0.328 e. The van der Waals surface area contributed by atoms with Gasteiger partial charge in [-0.05, 0) is 31.9 Å². The summed E-state index contributed by atoms with van der Waals surface area (Å²) in [5.41, 5.74) is 4.87. The molecule has 10 heteroatoms. The van der Waals surface area contributed by atoms with E-state index in [9.17, 15) is 4.79 Å². The third kappa shape index (κ3) is 3.20. The number of rotatable bonds is 4. The van der Waals surface area contributed by atoms with Gasteiger partial charge >= 0.3 is 5.69 Å². The first-order valence-corrected chi connectivity index (χ1v) is 11.6. The Bertz CT molecular complexity index is 1660. The fourth-order valence-corrected chi connectivity index (χ4v) is 5.01. The van der Waals surface area contributed by atoms with Gasteiger partial charge in [-0.25, -0.2) is 14.5 Å². The van der Waals surface area contributed by atoms with Crippen LogP contribution in [0.4, 0.5) is 5.82 Å².